The van der Waals surface area contributed by atoms with Crippen LogP contribution in [0.15, 0.2) is 57.9 Å². The molecule has 2 aromatic carbocycles. The van der Waals surface area contributed by atoms with E-state index in [-0.39, 0.29) is 5.91 Å². The number of hydrogen-bond donors (Lipinski definition) is 1. The summed E-state index contributed by atoms with van der Waals surface area (Å²) in [5.74, 6) is 1.13. The van der Waals surface area contributed by atoms with Gasteiger partial charge in [0.2, 0.25) is 5.91 Å². The van der Waals surface area contributed by atoms with Gasteiger partial charge < -0.3 is 10.1 Å². The number of hydrogen-bond acceptors (Lipinski definition) is 3. The summed E-state index contributed by atoms with van der Waals surface area (Å²) >= 11 is 4.89. The van der Waals surface area contributed by atoms with Crippen molar-refractivity contribution in [3.63, 3.8) is 0 Å². The number of amides is 1. The highest BCUT2D eigenvalue weighted by Gasteiger charge is 2.04. The molecule has 20 heavy (non-hydrogen) atoms. The molecule has 0 aliphatic rings. The monoisotopic (exact) mass is 351 g/mol. The minimum atomic E-state index is -0.0249. The normalized spacial score (nSPS) is 10.1. The predicted molar refractivity (Wildman–Crippen MR) is 86.5 cm³/mol. The van der Waals surface area contributed by atoms with E-state index in [4.69, 9.17) is 4.74 Å². The number of ether oxygens (including phenoxy) is 1. The second-order valence-corrected chi connectivity index (χ2v) is 5.98. The lowest BCUT2D eigenvalue weighted by atomic mass is 10.3. The van der Waals surface area contributed by atoms with Crippen LogP contribution in [0.3, 0.4) is 0 Å². The van der Waals surface area contributed by atoms with Crippen LogP contribution in [0.25, 0.3) is 0 Å². The summed E-state index contributed by atoms with van der Waals surface area (Å²) in [4.78, 5) is 12.9. The van der Waals surface area contributed by atoms with Crippen LogP contribution in [0.1, 0.15) is 0 Å². The molecule has 0 unspecified atom stereocenters. The van der Waals surface area contributed by atoms with Gasteiger partial charge >= 0.3 is 0 Å². The first kappa shape index (κ1) is 14.9. The Morgan fingerprint density at radius 2 is 1.80 bits per heavy atom. The molecule has 2 aromatic rings. The maximum absolute atomic E-state index is 11.8. The minimum Gasteiger partial charge on any atom is -0.497 e. The predicted octanol–water partition coefficient (Wildman–Crippen LogP) is 4.19. The maximum Gasteiger partial charge on any atom is 0.234 e. The van der Waals surface area contributed by atoms with E-state index in [1.54, 1.807) is 7.11 Å². The lowest BCUT2D eigenvalue weighted by molar-refractivity contribution is -0.113. The van der Waals surface area contributed by atoms with Crippen LogP contribution >= 0.6 is 27.7 Å². The number of benzene rings is 2. The van der Waals surface area contributed by atoms with E-state index >= 15 is 0 Å². The van der Waals surface area contributed by atoms with Crippen molar-refractivity contribution in [3.8, 4) is 5.75 Å². The van der Waals surface area contributed by atoms with Crippen molar-refractivity contribution in [2.45, 2.75) is 4.90 Å². The van der Waals surface area contributed by atoms with Crippen molar-refractivity contribution in [1.82, 2.24) is 0 Å². The minimum absolute atomic E-state index is 0.0249. The summed E-state index contributed by atoms with van der Waals surface area (Å²) in [6.45, 7) is 0. The summed E-state index contributed by atoms with van der Waals surface area (Å²) in [5, 5.41) is 2.85. The molecule has 0 aliphatic carbocycles. The van der Waals surface area contributed by atoms with Crippen molar-refractivity contribution in [3.05, 3.63) is 53.0 Å². The first-order valence-electron chi connectivity index (χ1n) is 5.99. The highest BCUT2D eigenvalue weighted by Crippen LogP contribution is 2.21. The Morgan fingerprint density at radius 1 is 1.15 bits per heavy atom. The average Bonchev–Trinajstić information content (AvgIpc) is 2.47. The van der Waals surface area contributed by atoms with E-state index in [2.05, 4.69) is 21.2 Å². The van der Waals surface area contributed by atoms with Gasteiger partial charge in [-0.05, 0) is 48.5 Å². The van der Waals surface area contributed by atoms with E-state index in [0.717, 1.165) is 20.8 Å². The molecule has 1 N–H and O–H groups in total. The lowest BCUT2D eigenvalue weighted by Gasteiger charge is -2.06. The first-order chi connectivity index (χ1) is 9.67. The molecule has 0 bridgehead atoms. The molecule has 0 atom stereocenters. The van der Waals surface area contributed by atoms with Gasteiger partial charge in [-0.1, -0.05) is 15.9 Å². The summed E-state index contributed by atoms with van der Waals surface area (Å²) in [6, 6.07) is 15.2. The largest absolute Gasteiger partial charge is 0.497 e. The van der Waals surface area contributed by atoms with Crippen LogP contribution < -0.4 is 10.1 Å². The van der Waals surface area contributed by atoms with E-state index in [1.165, 1.54) is 11.8 Å². The maximum atomic E-state index is 11.8. The number of carbonyl (C=O) groups is 1. The molecule has 5 heteroatoms. The van der Waals surface area contributed by atoms with Gasteiger partial charge in [-0.25, -0.2) is 0 Å². The average molecular weight is 352 g/mol. The quantitative estimate of drug-likeness (QED) is 0.820. The summed E-state index contributed by atoms with van der Waals surface area (Å²) in [5.41, 5.74) is 0.771. The third-order valence-corrected chi connectivity index (χ3v) is 4.10. The number of thioether (sulfide) groups is 1. The molecule has 0 radical (unpaired) electrons. The molecule has 104 valence electrons. The van der Waals surface area contributed by atoms with Crippen molar-refractivity contribution >= 4 is 39.3 Å². The Labute approximate surface area is 130 Å². The van der Waals surface area contributed by atoms with Crippen LogP contribution in [0, 0.1) is 0 Å². The first-order valence-corrected chi connectivity index (χ1v) is 7.77. The van der Waals surface area contributed by atoms with Gasteiger partial charge in [0.05, 0.1) is 12.9 Å². The van der Waals surface area contributed by atoms with Gasteiger partial charge in [-0.3, -0.25) is 4.79 Å². The van der Waals surface area contributed by atoms with Gasteiger partial charge in [-0.2, -0.15) is 0 Å². The smallest absolute Gasteiger partial charge is 0.234 e. The zero-order chi connectivity index (χ0) is 14.4. The van der Waals surface area contributed by atoms with Gasteiger partial charge in [0.25, 0.3) is 0 Å². The topological polar surface area (TPSA) is 38.3 Å². The molecule has 1 amide bonds. The number of halogens is 1. The molecule has 0 saturated carbocycles. The Hall–Kier alpha value is -1.46. The van der Waals surface area contributed by atoms with E-state index in [9.17, 15) is 4.79 Å². The SMILES string of the molecule is COc1ccc(NC(=O)CSc2ccc(Br)cc2)cc1. The molecular formula is C15H14BrNO2S. The van der Waals surface area contributed by atoms with Crippen LogP contribution in [0.2, 0.25) is 0 Å². The molecule has 2 rings (SSSR count). The van der Waals surface area contributed by atoms with Gasteiger partial charge in [-0.15, -0.1) is 11.8 Å². The van der Waals surface area contributed by atoms with Crippen LogP contribution in [-0.4, -0.2) is 18.8 Å². The fourth-order valence-corrected chi connectivity index (χ4v) is 2.51. The third-order valence-electron chi connectivity index (χ3n) is 2.56. The van der Waals surface area contributed by atoms with Crippen LogP contribution in [0.4, 0.5) is 5.69 Å². The number of carbonyl (C=O) groups excluding carboxylic acids is 1. The molecule has 0 spiro atoms. The molecular weight excluding hydrogens is 338 g/mol. The third kappa shape index (κ3) is 4.58. The second-order valence-electron chi connectivity index (χ2n) is 4.02. The highest BCUT2D eigenvalue weighted by molar-refractivity contribution is 9.10. The Morgan fingerprint density at radius 3 is 2.40 bits per heavy atom. The van der Waals surface area contributed by atoms with Gasteiger partial charge in [0.1, 0.15) is 5.75 Å². The molecule has 0 fully saturated rings. The summed E-state index contributed by atoms with van der Waals surface area (Å²) in [6.07, 6.45) is 0. The summed E-state index contributed by atoms with van der Waals surface area (Å²) in [7, 11) is 1.61. The number of rotatable bonds is 5. The number of methoxy groups -OCH3 is 1. The van der Waals surface area contributed by atoms with Crippen molar-refractivity contribution in [1.29, 1.82) is 0 Å². The Kier molecular flexibility index (Phi) is 5.49. The second kappa shape index (κ2) is 7.36. The van der Waals surface area contributed by atoms with Crippen molar-refractivity contribution in [2.75, 3.05) is 18.2 Å². The van der Waals surface area contributed by atoms with Gasteiger partial charge in [0.15, 0.2) is 0 Å². The standard InChI is InChI=1S/C15H14BrNO2S/c1-19-13-6-4-12(5-7-13)17-15(18)10-20-14-8-2-11(16)3-9-14/h2-9H,10H2,1H3,(H,17,18). The van der Waals surface area contributed by atoms with Gasteiger partial charge in [0, 0.05) is 15.1 Å². The molecule has 0 saturated heterocycles. The number of anilines is 1. The molecule has 0 aliphatic heterocycles. The summed E-state index contributed by atoms with van der Waals surface area (Å²) < 4.78 is 6.10. The van der Waals surface area contributed by atoms with Crippen molar-refractivity contribution in [2.24, 2.45) is 0 Å². The fraction of sp³-hybridized carbons (Fsp3) is 0.133. The Balaban J connectivity index is 1.84. The lowest BCUT2D eigenvalue weighted by Crippen LogP contribution is -2.13. The van der Waals surface area contributed by atoms with E-state index in [1.807, 2.05) is 48.5 Å². The molecule has 0 heterocycles. The zero-order valence-electron chi connectivity index (χ0n) is 10.9. The van der Waals surface area contributed by atoms with Crippen molar-refractivity contribution < 1.29 is 9.53 Å². The fourth-order valence-electron chi connectivity index (χ4n) is 1.55. The van der Waals surface area contributed by atoms with Crippen LogP contribution in [0.5, 0.6) is 5.75 Å². The zero-order valence-corrected chi connectivity index (χ0v) is 13.3. The van der Waals surface area contributed by atoms with E-state index < -0.39 is 0 Å². The van der Waals surface area contributed by atoms with E-state index in [0.29, 0.717) is 5.75 Å². The number of nitrogens with one attached hydrogen (secondary N) is 1. The Bertz CT molecular complexity index is 569. The highest BCUT2D eigenvalue weighted by atomic mass is 79.9. The molecule has 0 aromatic heterocycles. The molecule has 3 nitrogen and oxygen atoms in total. The van der Waals surface area contributed by atoms with Crippen LogP contribution in [-0.2, 0) is 4.79 Å².